The molecule has 0 bridgehead atoms. The molecule has 2 aromatic heterocycles. The molecule has 2 aromatic rings. The topological polar surface area (TPSA) is 53.6 Å². The van der Waals surface area contributed by atoms with Crippen molar-refractivity contribution in [3.63, 3.8) is 0 Å². The second kappa shape index (κ2) is 4.53. The van der Waals surface area contributed by atoms with E-state index in [-0.39, 0.29) is 0 Å². The van der Waals surface area contributed by atoms with Crippen molar-refractivity contribution in [2.24, 2.45) is 0 Å². The summed E-state index contributed by atoms with van der Waals surface area (Å²) in [5, 5.41) is 10.7. The van der Waals surface area contributed by atoms with Crippen molar-refractivity contribution in [1.82, 2.24) is 15.2 Å². The van der Waals surface area contributed by atoms with E-state index < -0.39 is 0 Å². The molecule has 16 heavy (non-hydrogen) atoms. The number of pyridine rings is 1. The highest BCUT2D eigenvalue weighted by Crippen LogP contribution is 2.16. The number of hydrogen-bond donors (Lipinski definition) is 2. The third-order valence-corrected chi connectivity index (χ3v) is 2.67. The van der Waals surface area contributed by atoms with Crippen LogP contribution in [0.3, 0.4) is 0 Å². The third-order valence-electron chi connectivity index (χ3n) is 2.46. The molecule has 0 saturated heterocycles. The zero-order chi connectivity index (χ0) is 11.5. The predicted octanol–water partition coefficient (Wildman–Crippen LogP) is 2.69. The van der Waals surface area contributed by atoms with Crippen LogP contribution in [0.15, 0.2) is 18.3 Å². The molecule has 0 spiro atoms. The number of anilines is 1. The Morgan fingerprint density at radius 3 is 2.81 bits per heavy atom. The zero-order valence-corrected chi connectivity index (χ0v) is 9.97. The Labute approximate surface area is 99.1 Å². The Kier molecular flexibility index (Phi) is 3.10. The molecule has 2 N–H and O–H groups in total. The van der Waals surface area contributed by atoms with Crippen molar-refractivity contribution in [2.75, 3.05) is 5.32 Å². The molecular weight excluding hydrogens is 224 g/mol. The van der Waals surface area contributed by atoms with Crippen molar-refractivity contribution in [1.29, 1.82) is 0 Å². The number of nitrogens with zero attached hydrogens (tertiary/aromatic N) is 2. The Morgan fingerprint density at radius 2 is 2.19 bits per heavy atom. The minimum Gasteiger partial charge on any atom is -0.379 e. The number of aryl methyl sites for hydroxylation is 2. The summed E-state index contributed by atoms with van der Waals surface area (Å²) >= 11 is 5.79. The lowest BCUT2D eigenvalue weighted by Gasteiger charge is -2.08. The number of halogens is 1. The van der Waals surface area contributed by atoms with Crippen LogP contribution in [-0.4, -0.2) is 15.2 Å². The Morgan fingerprint density at radius 1 is 1.38 bits per heavy atom. The van der Waals surface area contributed by atoms with Crippen molar-refractivity contribution in [2.45, 2.75) is 20.4 Å². The van der Waals surface area contributed by atoms with Gasteiger partial charge in [-0.15, -0.1) is 0 Å². The third kappa shape index (κ3) is 2.33. The monoisotopic (exact) mass is 236 g/mol. The van der Waals surface area contributed by atoms with Gasteiger partial charge in [-0.25, -0.2) is 4.98 Å². The molecular formula is C11H13ClN4. The van der Waals surface area contributed by atoms with E-state index in [0.29, 0.717) is 5.15 Å². The quantitative estimate of drug-likeness (QED) is 0.806. The van der Waals surface area contributed by atoms with Crippen LogP contribution in [0.4, 0.5) is 5.69 Å². The summed E-state index contributed by atoms with van der Waals surface area (Å²) in [4.78, 5) is 4.18. The highest BCUT2D eigenvalue weighted by molar-refractivity contribution is 6.29. The molecule has 84 valence electrons. The molecule has 0 fully saturated rings. The zero-order valence-electron chi connectivity index (χ0n) is 9.21. The van der Waals surface area contributed by atoms with Crippen LogP contribution in [0, 0.1) is 13.8 Å². The molecule has 0 aliphatic carbocycles. The molecule has 2 rings (SSSR count). The van der Waals surface area contributed by atoms with E-state index in [1.54, 1.807) is 6.07 Å². The number of hydrogen-bond acceptors (Lipinski definition) is 3. The van der Waals surface area contributed by atoms with Crippen LogP contribution in [-0.2, 0) is 6.54 Å². The van der Waals surface area contributed by atoms with E-state index in [0.717, 1.165) is 29.2 Å². The smallest absolute Gasteiger partial charge is 0.129 e. The van der Waals surface area contributed by atoms with Gasteiger partial charge < -0.3 is 5.32 Å². The number of nitrogens with one attached hydrogen (secondary N) is 2. The summed E-state index contributed by atoms with van der Waals surface area (Å²) in [6.07, 6.45) is 1.82. The molecule has 0 saturated carbocycles. The number of aromatic nitrogens is 3. The fourth-order valence-electron chi connectivity index (χ4n) is 1.46. The fraction of sp³-hybridized carbons (Fsp3) is 0.273. The van der Waals surface area contributed by atoms with Gasteiger partial charge in [0.1, 0.15) is 5.15 Å². The minimum atomic E-state index is 0.516. The van der Waals surface area contributed by atoms with Gasteiger partial charge >= 0.3 is 0 Å². The van der Waals surface area contributed by atoms with Gasteiger partial charge in [-0.3, -0.25) is 5.10 Å². The largest absolute Gasteiger partial charge is 0.379 e. The molecule has 0 aliphatic heterocycles. The summed E-state index contributed by atoms with van der Waals surface area (Å²) in [6.45, 7) is 4.65. The molecule has 0 radical (unpaired) electrons. The van der Waals surface area contributed by atoms with E-state index in [1.165, 1.54) is 0 Å². The maximum Gasteiger partial charge on any atom is 0.129 e. The van der Waals surface area contributed by atoms with Gasteiger partial charge in [-0.05, 0) is 26.0 Å². The first-order valence-corrected chi connectivity index (χ1v) is 5.40. The van der Waals surface area contributed by atoms with E-state index in [2.05, 4.69) is 20.5 Å². The molecule has 5 heteroatoms. The van der Waals surface area contributed by atoms with Crippen molar-refractivity contribution in [3.8, 4) is 0 Å². The number of aromatic amines is 1. The molecule has 0 amide bonds. The number of H-pyrrole nitrogens is 1. The molecule has 0 aromatic carbocycles. The van der Waals surface area contributed by atoms with Gasteiger partial charge in [-0.1, -0.05) is 11.6 Å². The first-order valence-electron chi connectivity index (χ1n) is 5.02. The van der Waals surface area contributed by atoms with E-state index in [4.69, 9.17) is 11.6 Å². The van der Waals surface area contributed by atoms with Crippen LogP contribution < -0.4 is 5.32 Å². The molecule has 4 nitrogen and oxygen atoms in total. The van der Waals surface area contributed by atoms with Gasteiger partial charge in [-0.2, -0.15) is 5.10 Å². The van der Waals surface area contributed by atoms with Crippen LogP contribution >= 0.6 is 11.6 Å². The Balaban J connectivity index is 2.08. The summed E-state index contributed by atoms with van der Waals surface area (Å²) < 4.78 is 0. The average Bonchev–Trinajstić information content (AvgIpc) is 2.63. The molecule has 0 aliphatic rings. The van der Waals surface area contributed by atoms with E-state index in [9.17, 15) is 0 Å². The lowest BCUT2D eigenvalue weighted by molar-refractivity contribution is 1.04. The second-order valence-electron chi connectivity index (χ2n) is 3.64. The summed E-state index contributed by atoms with van der Waals surface area (Å²) in [6, 6.07) is 3.71. The standard InChI is InChI=1S/C11H13ClN4/c1-7-9(6-14-16-7)5-13-10-3-4-11(12)15-8(10)2/h3-4,6,13H,5H2,1-2H3,(H,14,16). The fourth-order valence-corrected chi connectivity index (χ4v) is 1.65. The van der Waals surface area contributed by atoms with E-state index >= 15 is 0 Å². The van der Waals surface area contributed by atoms with Gasteiger partial charge in [0.2, 0.25) is 0 Å². The van der Waals surface area contributed by atoms with Gasteiger partial charge in [0.15, 0.2) is 0 Å². The summed E-state index contributed by atoms with van der Waals surface area (Å²) in [7, 11) is 0. The lowest BCUT2D eigenvalue weighted by atomic mass is 10.2. The van der Waals surface area contributed by atoms with Crippen molar-refractivity contribution >= 4 is 17.3 Å². The van der Waals surface area contributed by atoms with E-state index in [1.807, 2.05) is 26.1 Å². The van der Waals surface area contributed by atoms with Gasteiger partial charge in [0, 0.05) is 17.8 Å². The predicted molar refractivity (Wildman–Crippen MR) is 64.6 cm³/mol. The summed E-state index contributed by atoms with van der Waals surface area (Å²) in [5.74, 6) is 0. The maximum absolute atomic E-state index is 5.79. The highest BCUT2D eigenvalue weighted by atomic mass is 35.5. The van der Waals surface area contributed by atoms with Crippen LogP contribution in [0.25, 0.3) is 0 Å². The molecule has 2 heterocycles. The first-order chi connectivity index (χ1) is 7.66. The minimum absolute atomic E-state index is 0.516. The first kappa shape index (κ1) is 11.0. The van der Waals surface area contributed by atoms with Crippen LogP contribution in [0.5, 0.6) is 0 Å². The van der Waals surface area contributed by atoms with Gasteiger partial charge in [0.25, 0.3) is 0 Å². The van der Waals surface area contributed by atoms with Crippen LogP contribution in [0.2, 0.25) is 5.15 Å². The van der Waals surface area contributed by atoms with Crippen molar-refractivity contribution < 1.29 is 0 Å². The molecule has 0 unspecified atom stereocenters. The lowest BCUT2D eigenvalue weighted by Crippen LogP contribution is -2.02. The highest BCUT2D eigenvalue weighted by Gasteiger charge is 2.03. The second-order valence-corrected chi connectivity index (χ2v) is 4.03. The normalized spacial score (nSPS) is 10.4. The van der Waals surface area contributed by atoms with Crippen molar-refractivity contribution in [3.05, 3.63) is 40.4 Å². The SMILES string of the molecule is Cc1nc(Cl)ccc1NCc1cn[nH]c1C. The number of rotatable bonds is 3. The Bertz CT molecular complexity index is 492. The van der Waals surface area contributed by atoms with Crippen LogP contribution in [0.1, 0.15) is 17.0 Å². The summed E-state index contributed by atoms with van der Waals surface area (Å²) in [5.41, 5.74) is 4.11. The molecule has 0 atom stereocenters. The maximum atomic E-state index is 5.79. The van der Waals surface area contributed by atoms with Gasteiger partial charge in [0.05, 0.1) is 17.6 Å². The Hall–Kier alpha value is -1.55. The average molecular weight is 237 g/mol.